The van der Waals surface area contributed by atoms with Gasteiger partial charge in [0.05, 0.1) is 15.6 Å². The largest absolute Gasteiger partial charge is 0.242 e. The van der Waals surface area contributed by atoms with Crippen LogP contribution in [-0.2, 0) is 0 Å². The first-order valence-electron chi connectivity index (χ1n) is 5.67. The molecule has 0 aliphatic rings. The van der Waals surface area contributed by atoms with Crippen molar-refractivity contribution in [1.29, 1.82) is 0 Å². The van der Waals surface area contributed by atoms with E-state index in [4.69, 9.17) is 0 Å². The first-order valence-corrected chi connectivity index (χ1v) is 6.48. The summed E-state index contributed by atoms with van der Waals surface area (Å²) >= 11 is 1.66. The summed E-state index contributed by atoms with van der Waals surface area (Å²) in [7, 11) is 0. The molecule has 0 amide bonds. The molecule has 0 atom stereocenters. The van der Waals surface area contributed by atoms with E-state index in [1.54, 1.807) is 23.5 Å². The number of hydrogen-bond acceptors (Lipinski definition) is 2. The Bertz CT molecular complexity index is 321. The molecule has 0 radical (unpaired) electrons. The first-order chi connectivity index (χ1) is 7.77. The summed E-state index contributed by atoms with van der Waals surface area (Å²) in [6.07, 6.45) is 7.42. The highest BCUT2D eigenvalue weighted by Gasteiger charge is 2.00. The molecule has 0 aromatic carbocycles. The summed E-state index contributed by atoms with van der Waals surface area (Å²) in [5, 5.41) is 1.06. The van der Waals surface area contributed by atoms with Crippen LogP contribution in [0, 0.1) is 6.92 Å². The Morgan fingerprint density at radius 3 is 2.12 bits per heavy atom. The van der Waals surface area contributed by atoms with E-state index in [1.165, 1.54) is 0 Å². The molecule has 0 saturated carbocycles. The summed E-state index contributed by atoms with van der Waals surface area (Å²) in [5.74, 6) is 0. The van der Waals surface area contributed by atoms with Gasteiger partial charge in [0.25, 0.3) is 0 Å². The summed E-state index contributed by atoms with van der Waals surface area (Å²) in [6.45, 7) is 17.3. The Morgan fingerprint density at radius 2 is 1.69 bits per heavy atom. The number of nitrogens with zero attached hydrogens (tertiary/aromatic N) is 1. The third-order valence-corrected chi connectivity index (χ3v) is 2.32. The molecule has 1 rings (SSSR count). The summed E-state index contributed by atoms with van der Waals surface area (Å²) < 4.78 is 0. The van der Waals surface area contributed by atoms with Crippen molar-refractivity contribution in [2.24, 2.45) is 0 Å². The molecule has 90 valence electrons. The predicted molar refractivity (Wildman–Crippen MR) is 78.9 cm³/mol. The summed E-state index contributed by atoms with van der Waals surface area (Å²) in [4.78, 5) is 5.44. The van der Waals surface area contributed by atoms with E-state index in [1.807, 2.05) is 46.8 Å². The third kappa shape index (κ3) is 6.36. The Labute approximate surface area is 104 Å². The standard InChI is InChI=1S/C10H11NS.2C2H6/c1-4-6-7-10-9(5-2)11-8(3)12-10;2*1-2/h4-7H,1-2H2,3H3;2*1-2H3/b7-6-;;. The van der Waals surface area contributed by atoms with Crippen LogP contribution in [0.1, 0.15) is 43.3 Å². The van der Waals surface area contributed by atoms with Crippen LogP contribution in [-0.4, -0.2) is 4.98 Å². The van der Waals surface area contributed by atoms with Crippen molar-refractivity contribution >= 4 is 23.5 Å². The third-order valence-electron chi connectivity index (χ3n) is 1.37. The van der Waals surface area contributed by atoms with Gasteiger partial charge in [-0.2, -0.15) is 0 Å². The molecular formula is C14H23NS. The lowest BCUT2D eigenvalue weighted by molar-refractivity contribution is 1.27. The second kappa shape index (κ2) is 11.9. The molecule has 0 bridgehead atoms. The molecule has 0 aliphatic carbocycles. The highest BCUT2D eigenvalue weighted by molar-refractivity contribution is 7.12. The van der Waals surface area contributed by atoms with Crippen LogP contribution in [0.25, 0.3) is 12.2 Å². The van der Waals surface area contributed by atoms with E-state index in [9.17, 15) is 0 Å². The van der Waals surface area contributed by atoms with Crippen LogP contribution >= 0.6 is 11.3 Å². The molecule has 16 heavy (non-hydrogen) atoms. The van der Waals surface area contributed by atoms with Gasteiger partial charge in [0.1, 0.15) is 0 Å². The molecule has 1 heterocycles. The number of aromatic nitrogens is 1. The van der Waals surface area contributed by atoms with E-state index < -0.39 is 0 Å². The monoisotopic (exact) mass is 237 g/mol. The second-order valence-corrected chi connectivity index (χ2v) is 3.52. The zero-order chi connectivity index (χ0) is 13.0. The number of rotatable bonds is 3. The molecule has 0 fully saturated rings. The fourth-order valence-electron chi connectivity index (χ4n) is 0.880. The summed E-state index contributed by atoms with van der Waals surface area (Å²) in [6, 6.07) is 0. The molecule has 2 heteroatoms. The average Bonchev–Trinajstić information content (AvgIpc) is 2.72. The molecule has 0 N–H and O–H groups in total. The van der Waals surface area contributed by atoms with Crippen molar-refractivity contribution in [3.8, 4) is 0 Å². The number of allylic oxidation sites excluding steroid dienone is 2. The molecule has 0 unspecified atom stereocenters. The van der Waals surface area contributed by atoms with Gasteiger partial charge in [0.2, 0.25) is 0 Å². The normalized spacial score (nSPS) is 8.56. The smallest absolute Gasteiger partial charge is 0.0907 e. The van der Waals surface area contributed by atoms with Crippen molar-refractivity contribution in [1.82, 2.24) is 4.98 Å². The van der Waals surface area contributed by atoms with Crippen LogP contribution in [0.5, 0.6) is 0 Å². The molecule has 0 spiro atoms. The lowest BCUT2D eigenvalue weighted by Gasteiger charge is -1.85. The van der Waals surface area contributed by atoms with Crippen molar-refractivity contribution in [3.63, 3.8) is 0 Å². The van der Waals surface area contributed by atoms with Gasteiger partial charge in [0.15, 0.2) is 0 Å². The van der Waals surface area contributed by atoms with Crippen molar-refractivity contribution in [2.45, 2.75) is 34.6 Å². The van der Waals surface area contributed by atoms with Crippen LogP contribution in [0.3, 0.4) is 0 Å². The van der Waals surface area contributed by atoms with Crippen molar-refractivity contribution in [2.75, 3.05) is 0 Å². The topological polar surface area (TPSA) is 12.9 Å². The van der Waals surface area contributed by atoms with E-state index in [-0.39, 0.29) is 0 Å². The lowest BCUT2D eigenvalue weighted by atomic mass is 10.3. The number of hydrogen-bond donors (Lipinski definition) is 0. The first kappa shape index (κ1) is 17.3. The molecular weight excluding hydrogens is 214 g/mol. The number of thiazole rings is 1. The van der Waals surface area contributed by atoms with Crippen LogP contribution in [0.15, 0.2) is 25.3 Å². The Kier molecular flexibility index (Phi) is 12.9. The highest BCUT2D eigenvalue weighted by atomic mass is 32.1. The summed E-state index contributed by atoms with van der Waals surface area (Å²) in [5.41, 5.74) is 0.954. The maximum atomic E-state index is 4.30. The molecule has 0 aliphatic heterocycles. The Morgan fingerprint density at radius 1 is 1.12 bits per heavy atom. The fourth-order valence-corrected chi connectivity index (χ4v) is 1.72. The van der Waals surface area contributed by atoms with E-state index in [2.05, 4.69) is 18.1 Å². The van der Waals surface area contributed by atoms with Crippen LogP contribution in [0.2, 0.25) is 0 Å². The Balaban J connectivity index is 0. The zero-order valence-electron chi connectivity index (χ0n) is 11.1. The van der Waals surface area contributed by atoms with Crippen molar-refractivity contribution in [3.05, 3.63) is 40.9 Å². The Hall–Kier alpha value is -1.15. The van der Waals surface area contributed by atoms with Crippen LogP contribution in [0.4, 0.5) is 0 Å². The highest BCUT2D eigenvalue weighted by Crippen LogP contribution is 2.20. The van der Waals surface area contributed by atoms with Gasteiger partial charge in [-0.05, 0) is 19.1 Å². The van der Waals surface area contributed by atoms with Gasteiger partial charge in [-0.3, -0.25) is 0 Å². The minimum absolute atomic E-state index is 0.954. The van der Waals surface area contributed by atoms with E-state index >= 15 is 0 Å². The quantitative estimate of drug-likeness (QED) is 0.646. The van der Waals surface area contributed by atoms with Gasteiger partial charge in [-0.15, -0.1) is 11.3 Å². The number of aryl methyl sites for hydroxylation is 1. The molecule has 0 saturated heterocycles. The maximum absolute atomic E-state index is 4.30. The van der Waals surface area contributed by atoms with E-state index in [0.717, 1.165) is 15.6 Å². The fraction of sp³-hybridized carbons (Fsp3) is 0.357. The maximum Gasteiger partial charge on any atom is 0.0907 e. The SMILES string of the molecule is C=C/C=C\c1sc(C)nc1C=C.CC.CC. The predicted octanol–water partition coefficient (Wildman–Crippen LogP) is 5.35. The van der Waals surface area contributed by atoms with Gasteiger partial charge in [-0.25, -0.2) is 4.98 Å². The second-order valence-electron chi connectivity index (χ2n) is 2.28. The molecule has 1 aromatic heterocycles. The zero-order valence-corrected chi connectivity index (χ0v) is 11.9. The van der Waals surface area contributed by atoms with E-state index in [0.29, 0.717) is 0 Å². The van der Waals surface area contributed by atoms with Crippen molar-refractivity contribution < 1.29 is 0 Å². The van der Waals surface area contributed by atoms with Gasteiger partial charge < -0.3 is 0 Å². The van der Waals surface area contributed by atoms with Crippen LogP contribution < -0.4 is 0 Å². The van der Waals surface area contributed by atoms with Gasteiger partial charge >= 0.3 is 0 Å². The lowest BCUT2D eigenvalue weighted by Crippen LogP contribution is -1.73. The van der Waals surface area contributed by atoms with Gasteiger partial charge in [0, 0.05) is 0 Å². The van der Waals surface area contributed by atoms with Gasteiger partial charge in [-0.1, -0.05) is 53.0 Å². The molecule has 1 nitrogen and oxygen atoms in total. The minimum Gasteiger partial charge on any atom is -0.242 e. The average molecular weight is 237 g/mol. The minimum atomic E-state index is 0.954. The molecule has 1 aromatic rings.